The Morgan fingerprint density at radius 3 is 2.31 bits per heavy atom. The van der Waals surface area contributed by atoms with Crippen molar-refractivity contribution in [3.63, 3.8) is 0 Å². The number of nitrogens with zero attached hydrogens (tertiary/aromatic N) is 5. The van der Waals surface area contributed by atoms with Gasteiger partial charge in [0.2, 0.25) is 6.23 Å². The number of alkyl halides is 2. The average molecular weight is 496 g/mol. The van der Waals surface area contributed by atoms with Crippen molar-refractivity contribution < 1.29 is 32.6 Å². The van der Waals surface area contributed by atoms with E-state index in [4.69, 9.17) is 19.9 Å². The molecule has 3 heterocycles. The van der Waals surface area contributed by atoms with Crippen LogP contribution >= 0.6 is 0 Å². The standard InChI is InChI=1S/C23H18F2N6O5/c24-23(25)17(36-21(33)14-9-5-2-6-10-14)15(11-34-20(32)13-7-3-1-4-8-13)35-22(23)31-19-16(29-30-31)18(26)27-12-28-19/h1-10,12,15,17,22H,11H2,(H2,26,27,28). The number of fused-ring (bicyclic) bond motifs is 1. The molecule has 4 aromatic rings. The highest BCUT2D eigenvalue weighted by Gasteiger charge is 2.63. The zero-order valence-electron chi connectivity index (χ0n) is 18.4. The van der Waals surface area contributed by atoms with Gasteiger partial charge in [0.25, 0.3) is 0 Å². The molecule has 2 N–H and O–H groups in total. The summed E-state index contributed by atoms with van der Waals surface area (Å²) in [6.45, 7) is -0.629. The van der Waals surface area contributed by atoms with Gasteiger partial charge in [-0.05, 0) is 24.3 Å². The van der Waals surface area contributed by atoms with E-state index in [1.165, 1.54) is 24.3 Å². The molecule has 36 heavy (non-hydrogen) atoms. The summed E-state index contributed by atoms with van der Waals surface area (Å²) in [7, 11) is 0. The molecule has 11 nitrogen and oxygen atoms in total. The van der Waals surface area contributed by atoms with Crippen LogP contribution in [0.4, 0.5) is 14.6 Å². The summed E-state index contributed by atoms with van der Waals surface area (Å²) >= 11 is 0. The van der Waals surface area contributed by atoms with Crippen molar-refractivity contribution in [1.29, 1.82) is 0 Å². The minimum atomic E-state index is -3.82. The van der Waals surface area contributed by atoms with Gasteiger partial charge in [0.15, 0.2) is 23.1 Å². The minimum Gasteiger partial charge on any atom is -0.459 e. The second-order valence-electron chi connectivity index (χ2n) is 7.82. The number of hydrogen-bond acceptors (Lipinski definition) is 10. The molecule has 5 rings (SSSR count). The number of benzene rings is 2. The summed E-state index contributed by atoms with van der Waals surface area (Å²) in [5, 5.41) is 7.47. The fourth-order valence-corrected chi connectivity index (χ4v) is 3.73. The third-order valence-corrected chi connectivity index (χ3v) is 5.49. The number of ether oxygens (including phenoxy) is 3. The number of aromatic nitrogens is 5. The first-order valence-electron chi connectivity index (χ1n) is 10.7. The zero-order valence-corrected chi connectivity index (χ0v) is 18.4. The van der Waals surface area contributed by atoms with Crippen molar-refractivity contribution in [1.82, 2.24) is 25.0 Å². The number of halogens is 2. The van der Waals surface area contributed by atoms with Gasteiger partial charge in [0.1, 0.15) is 19.0 Å². The number of carbonyl (C=O) groups excluding carboxylic acids is 2. The quantitative estimate of drug-likeness (QED) is 0.395. The van der Waals surface area contributed by atoms with Crippen LogP contribution in [0.25, 0.3) is 11.2 Å². The van der Waals surface area contributed by atoms with Gasteiger partial charge in [-0.3, -0.25) is 0 Å². The van der Waals surface area contributed by atoms with E-state index in [0.29, 0.717) is 0 Å². The zero-order chi connectivity index (χ0) is 25.3. The topological polar surface area (TPSA) is 144 Å². The number of anilines is 1. The normalized spacial score (nSPS) is 20.8. The third kappa shape index (κ3) is 4.20. The molecule has 2 aromatic heterocycles. The fourth-order valence-electron chi connectivity index (χ4n) is 3.73. The van der Waals surface area contributed by atoms with E-state index < -0.39 is 42.9 Å². The average Bonchev–Trinajstić information content (AvgIpc) is 3.42. The number of carbonyl (C=O) groups is 2. The molecule has 0 spiro atoms. The van der Waals surface area contributed by atoms with Crippen molar-refractivity contribution in [2.24, 2.45) is 0 Å². The van der Waals surface area contributed by atoms with Crippen LogP contribution in [-0.4, -0.2) is 61.6 Å². The molecular formula is C23H18F2N6O5. The number of hydrogen-bond donors (Lipinski definition) is 1. The van der Waals surface area contributed by atoms with Gasteiger partial charge in [0.05, 0.1) is 11.1 Å². The van der Waals surface area contributed by atoms with Crippen LogP contribution in [0.5, 0.6) is 0 Å². The summed E-state index contributed by atoms with van der Waals surface area (Å²) in [5.74, 6) is -5.65. The SMILES string of the molecule is Nc1ncnc2c1nnn2C1OC(COC(=O)c2ccccc2)C(OC(=O)c2ccccc2)C1(F)F. The predicted octanol–water partition coefficient (Wildman–Crippen LogP) is 2.42. The van der Waals surface area contributed by atoms with E-state index in [9.17, 15) is 9.59 Å². The maximum Gasteiger partial charge on any atom is 0.338 e. The Morgan fingerprint density at radius 1 is 1.00 bits per heavy atom. The lowest BCUT2D eigenvalue weighted by Gasteiger charge is -2.23. The highest BCUT2D eigenvalue weighted by molar-refractivity contribution is 5.90. The molecule has 2 aromatic carbocycles. The Bertz CT molecular complexity index is 1400. The van der Waals surface area contributed by atoms with Crippen LogP contribution in [0.1, 0.15) is 26.9 Å². The summed E-state index contributed by atoms with van der Waals surface area (Å²) in [5.41, 5.74) is 5.89. The van der Waals surface area contributed by atoms with Crippen LogP contribution in [0.15, 0.2) is 67.0 Å². The second-order valence-corrected chi connectivity index (χ2v) is 7.82. The molecule has 0 saturated carbocycles. The maximum atomic E-state index is 15.7. The first-order valence-corrected chi connectivity index (χ1v) is 10.7. The summed E-state index contributed by atoms with van der Waals surface area (Å²) in [6.07, 6.45) is -4.69. The van der Waals surface area contributed by atoms with Gasteiger partial charge in [0, 0.05) is 0 Å². The molecule has 1 aliphatic heterocycles. The number of esters is 2. The Balaban J connectivity index is 1.45. The summed E-state index contributed by atoms with van der Waals surface area (Å²) < 4.78 is 48.2. The van der Waals surface area contributed by atoms with E-state index in [-0.39, 0.29) is 28.1 Å². The molecular weight excluding hydrogens is 478 g/mol. The van der Waals surface area contributed by atoms with Crippen molar-refractivity contribution in [3.8, 4) is 0 Å². The van der Waals surface area contributed by atoms with Gasteiger partial charge in [-0.1, -0.05) is 41.6 Å². The van der Waals surface area contributed by atoms with Gasteiger partial charge in [-0.25, -0.2) is 19.6 Å². The van der Waals surface area contributed by atoms with Crippen molar-refractivity contribution in [2.45, 2.75) is 24.4 Å². The molecule has 1 fully saturated rings. The van der Waals surface area contributed by atoms with Crippen molar-refractivity contribution in [2.75, 3.05) is 12.3 Å². The minimum absolute atomic E-state index is 0.00585. The highest BCUT2D eigenvalue weighted by atomic mass is 19.3. The van der Waals surface area contributed by atoms with E-state index in [0.717, 1.165) is 11.0 Å². The molecule has 1 aliphatic rings. The molecule has 1 saturated heterocycles. The maximum absolute atomic E-state index is 15.7. The molecule has 0 amide bonds. The Hall–Kier alpha value is -4.52. The van der Waals surface area contributed by atoms with E-state index in [1.807, 2.05) is 0 Å². The Labute approximate surface area is 201 Å². The number of nitrogens with two attached hydrogens (primary N) is 1. The molecule has 184 valence electrons. The first-order chi connectivity index (χ1) is 17.4. The van der Waals surface area contributed by atoms with Gasteiger partial charge < -0.3 is 19.9 Å². The van der Waals surface area contributed by atoms with Crippen molar-refractivity contribution in [3.05, 3.63) is 78.1 Å². The van der Waals surface area contributed by atoms with Crippen molar-refractivity contribution >= 4 is 28.9 Å². The Morgan fingerprint density at radius 2 is 1.64 bits per heavy atom. The lowest BCUT2D eigenvalue weighted by molar-refractivity contribution is -0.144. The molecule has 0 bridgehead atoms. The lowest BCUT2D eigenvalue weighted by Crippen LogP contribution is -2.43. The Kier molecular flexibility index (Phi) is 5.98. The molecule has 0 radical (unpaired) electrons. The largest absolute Gasteiger partial charge is 0.459 e. The lowest BCUT2D eigenvalue weighted by atomic mass is 10.1. The van der Waals surface area contributed by atoms with Crippen LogP contribution in [0.3, 0.4) is 0 Å². The van der Waals surface area contributed by atoms with E-state index in [1.54, 1.807) is 36.4 Å². The van der Waals surface area contributed by atoms with Gasteiger partial charge >= 0.3 is 17.9 Å². The summed E-state index contributed by atoms with van der Waals surface area (Å²) in [4.78, 5) is 32.7. The second kappa shape index (κ2) is 9.26. The highest BCUT2D eigenvalue weighted by Crippen LogP contribution is 2.45. The molecule has 13 heteroatoms. The van der Waals surface area contributed by atoms with Gasteiger partial charge in [-0.2, -0.15) is 13.5 Å². The fraction of sp³-hybridized carbons (Fsp3) is 0.217. The molecule has 3 unspecified atom stereocenters. The van der Waals surface area contributed by atoms with E-state index >= 15 is 8.78 Å². The third-order valence-electron chi connectivity index (χ3n) is 5.49. The van der Waals surface area contributed by atoms with Crippen LogP contribution in [0, 0.1) is 0 Å². The first kappa shape index (κ1) is 23.2. The number of rotatable bonds is 6. The van der Waals surface area contributed by atoms with Crippen LogP contribution < -0.4 is 5.73 Å². The van der Waals surface area contributed by atoms with Crippen LogP contribution in [0.2, 0.25) is 0 Å². The monoisotopic (exact) mass is 496 g/mol. The summed E-state index contributed by atoms with van der Waals surface area (Å²) in [6, 6.07) is 15.6. The van der Waals surface area contributed by atoms with Crippen LogP contribution in [-0.2, 0) is 14.2 Å². The van der Waals surface area contributed by atoms with Gasteiger partial charge in [-0.15, -0.1) is 5.10 Å². The predicted molar refractivity (Wildman–Crippen MR) is 119 cm³/mol. The van der Waals surface area contributed by atoms with E-state index in [2.05, 4.69) is 20.3 Å². The molecule has 3 atom stereocenters. The smallest absolute Gasteiger partial charge is 0.338 e. The number of nitrogen functional groups attached to an aromatic ring is 1. The molecule has 0 aliphatic carbocycles.